The summed E-state index contributed by atoms with van der Waals surface area (Å²) in [4.78, 5) is 15.1. The number of carbonyl (C=O) groups excluding carboxylic acids is 1. The summed E-state index contributed by atoms with van der Waals surface area (Å²) in [6.07, 6.45) is 5.28. The van der Waals surface area contributed by atoms with Gasteiger partial charge in [0.05, 0.1) is 12.4 Å². The molecule has 0 unspecified atom stereocenters. The van der Waals surface area contributed by atoms with E-state index in [-0.39, 0.29) is 11.8 Å². The van der Waals surface area contributed by atoms with Crippen molar-refractivity contribution in [2.24, 2.45) is 0 Å². The summed E-state index contributed by atoms with van der Waals surface area (Å²) in [5.74, 6) is 0.163. The van der Waals surface area contributed by atoms with Crippen LogP contribution < -0.4 is 5.32 Å². The first-order valence-corrected chi connectivity index (χ1v) is 4.43. The number of ketones is 1. The molecular weight excluding hydrogens is 166 g/mol. The first-order valence-electron chi connectivity index (χ1n) is 4.43. The highest BCUT2D eigenvalue weighted by atomic mass is 16.1. The van der Waals surface area contributed by atoms with Crippen LogP contribution in [0.1, 0.15) is 13.8 Å². The van der Waals surface area contributed by atoms with Gasteiger partial charge in [0, 0.05) is 18.9 Å². The molecule has 0 saturated carbocycles. The molecule has 0 aliphatic heterocycles. The van der Waals surface area contributed by atoms with Crippen LogP contribution in [0.3, 0.4) is 0 Å². The third-order valence-electron chi connectivity index (χ3n) is 1.89. The quantitative estimate of drug-likeness (QED) is 0.717. The van der Waals surface area contributed by atoms with E-state index in [0.29, 0.717) is 6.54 Å². The van der Waals surface area contributed by atoms with Gasteiger partial charge in [-0.15, -0.1) is 0 Å². The predicted octanol–water partition coefficient (Wildman–Crippen LogP) is 0.450. The van der Waals surface area contributed by atoms with E-state index in [2.05, 4.69) is 10.3 Å². The van der Waals surface area contributed by atoms with E-state index in [1.165, 1.54) is 0 Å². The molecule has 1 heterocycles. The number of likely N-dealkylation sites (N-methyl/N-ethyl adjacent to an activating group) is 1. The number of nitrogens with zero attached hydrogens (tertiary/aromatic N) is 2. The number of aromatic nitrogens is 2. The minimum absolute atomic E-state index is 0.0980. The number of carbonyl (C=O) groups is 1. The van der Waals surface area contributed by atoms with Gasteiger partial charge in [-0.2, -0.15) is 0 Å². The number of Topliss-reactive ketones (excluding diaryl/α,β-unsaturated/α-hetero) is 1. The van der Waals surface area contributed by atoms with Crippen LogP contribution >= 0.6 is 0 Å². The summed E-state index contributed by atoms with van der Waals surface area (Å²) in [5, 5.41) is 3.12. The molecule has 0 saturated heterocycles. The van der Waals surface area contributed by atoms with Gasteiger partial charge in [0.25, 0.3) is 0 Å². The molecule has 1 rings (SSSR count). The van der Waals surface area contributed by atoms with Crippen LogP contribution in [0.25, 0.3) is 0 Å². The van der Waals surface area contributed by atoms with E-state index >= 15 is 0 Å². The molecule has 0 spiro atoms. The van der Waals surface area contributed by atoms with Gasteiger partial charge in [-0.1, -0.05) is 6.92 Å². The summed E-state index contributed by atoms with van der Waals surface area (Å²) in [6.45, 7) is 5.05. The van der Waals surface area contributed by atoms with Crippen molar-refractivity contribution in [1.29, 1.82) is 0 Å². The maximum Gasteiger partial charge on any atom is 0.148 e. The maximum absolute atomic E-state index is 11.2. The van der Waals surface area contributed by atoms with E-state index in [9.17, 15) is 4.79 Å². The van der Waals surface area contributed by atoms with Gasteiger partial charge in [0.2, 0.25) is 0 Å². The van der Waals surface area contributed by atoms with E-state index in [1.54, 1.807) is 19.4 Å². The average Bonchev–Trinajstić information content (AvgIpc) is 2.56. The van der Waals surface area contributed by atoms with Crippen LogP contribution in [-0.2, 0) is 11.3 Å². The number of rotatable bonds is 5. The normalized spacial score (nSPS) is 12.8. The Morgan fingerprint density at radius 2 is 2.46 bits per heavy atom. The second-order valence-corrected chi connectivity index (χ2v) is 2.98. The standard InChI is InChI=1S/C9H15N3O/c1-3-11-9(8(2)13)6-12-5-4-10-7-12/h4-5,7,9,11H,3,6H2,1-2H3/t9-/m0/s1. The zero-order valence-corrected chi connectivity index (χ0v) is 8.03. The summed E-state index contributed by atoms with van der Waals surface area (Å²) >= 11 is 0. The van der Waals surface area contributed by atoms with Crippen LogP contribution in [0, 0.1) is 0 Å². The first kappa shape index (κ1) is 9.92. The highest BCUT2D eigenvalue weighted by Gasteiger charge is 2.12. The Labute approximate surface area is 78.0 Å². The third-order valence-corrected chi connectivity index (χ3v) is 1.89. The number of imidazole rings is 1. The summed E-state index contributed by atoms with van der Waals surface area (Å²) < 4.78 is 1.90. The average molecular weight is 181 g/mol. The summed E-state index contributed by atoms with van der Waals surface area (Å²) in [7, 11) is 0. The van der Waals surface area contributed by atoms with Crippen LogP contribution in [-0.4, -0.2) is 27.9 Å². The Hall–Kier alpha value is -1.16. The number of hydrogen-bond donors (Lipinski definition) is 1. The lowest BCUT2D eigenvalue weighted by Crippen LogP contribution is -2.38. The Morgan fingerprint density at radius 3 is 2.92 bits per heavy atom. The topological polar surface area (TPSA) is 46.9 Å². The largest absolute Gasteiger partial charge is 0.335 e. The van der Waals surface area contributed by atoms with E-state index in [4.69, 9.17) is 0 Å². The van der Waals surface area contributed by atoms with Crippen LogP contribution in [0.15, 0.2) is 18.7 Å². The van der Waals surface area contributed by atoms with Gasteiger partial charge in [0.1, 0.15) is 5.78 Å². The molecule has 4 nitrogen and oxygen atoms in total. The van der Waals surface area contributed by atoms with Crippen molar-refractivity contribution in [2.75, 3.05) is 6.54 Å². The predicted molar refractivity (Wildman–Crippen MR) is 50.4 cm³/mol. The molecule has 0 aromatic carbocycles. The molecule has 4 heteroatoms. The lowest BCUT2D eigenvalue weighted by molar-refractivity contribution is -0.119. The maximum atomic E-state index is 11.2. The molecule has 0 aliphatic rings. The molecule has 0 bridgehead atoms. The Balaban J connectivity index is 2.52. The van der Waals surface area contributed by atoms with Crippen molar-refractivity contribution in [3.8, 4) is 0 Å². The molecule has 0 aliphatic carbocycles. The van der Waals surface area contributed by atoms with Gasteiger partial charge >= 0.3 is 0 Å². The zero-order valence-electron chi connectivity index (χ0n) is 8.03. The molecule has 0 amide bonds. The molecule has 1 atom stereocenters. The Bertz CT molecular complexity index is 256. The first-order chi connectivity index (χ1) is 6.24. The smallest absolute Gasteiger partial charge is 0.148 e. The monoisotopic (exact) mass is 181 g/mol. The van der Waals surface area contributed by atoms with Crippen molar-refractivity contribution < 1.29 is 4.79 Å². The van der Waals surface area contributed by atoms with Gasteiger partial charge < -0.3 is 9.88 Å². The fourth-order valence-corrected chi connectivity index (χ4v) is 1.19. The molecular formula is C9H15N3O. The van der Waals surface area contributed by atoms with Gasteiger partial charge in [-0.25, -0.2) is 4.98 Å². The SMILES string of the molecule is CCN[C@@H](Cn1ccnc1)C(C)=O. The summed E-state index contributed by atoms with van der Waals surface area (Å²) in [5.41, 5.74) is 0. The van der Waals surface area contributed by atoms with Crippen LogP contribution in [0.5, 0.6) is 0 Å². The lowest BCUT2D eigenvalue weighted by atomic mass is 10.2. The fourth-order valence-electron chi connectivity index (χ4n) is 1.19. The van der Waals surface area contributed by atoms with Crippen molar-refractivity contribution in [3.63, 3.8) is 0 Å². The third kappa shape index (κ3) is 2.99. The second-order valence-electron chi connectivity index (χ2n) is 2.98. The van der Waals surface area contributed by atoms with Crippen molar-refractivity contribution in [3.05, 3.63) is 18.7 Å². The molecule has 72 valence electrons. The Morgan fingerprint density at radius 1 is 1.69 bits per heavy atom. The fraction of sp³-hybridized carbons (Fsp3) is 0.556. The number of nitrogens with one attached hydrogen (secondary N) is 1. The molecule has 1 aromatic heterocycles. The summed E-state index contributed by atoms with van der Waals surface area (Å²) in [6, 6.07) is -0.0980. The highest BCUT2D eigenvalue weighted by Crippen LogP contribution is 1.93. The van der Waals surface area contributed by atoms with Crippen LogP contribution in [0.2, 0.25) is 0 Å². The van der Waals surface area contributed by atoms with E-state index in [1.807, 2.05) is 17.7 Å². The van der Waals surface area contributed by atoms with E-state index < -0.39 is 0 Å². The van der Waals surface area contributed by atoms with Crippen molar-refractivity contribution >= 4 is 5.78 Å². The zero-order chi connectivity index (χ0) is 9.68. The molecule has 0 fully saturated rings. The van der Waals surface area contributed by atoms with Gasteiger partial charge in [0.15, 0.2) is 0 Å². The molecule has 1 N–H and O–H groups in total. The van der Waals surface area contributed by atoms with Crippen molar-refractivity contribution in [1.82, 2.24) is 14.9 Å². The lowest BCUT2D eigenvalue weighted by Gasteiger charge is -2.14. The highest BCUT2D eigenvalue weighted by molar-refractivity contribution is 5.81. The molecule has 13 heavy (non-hydrogen) atoms. The van der Waals surface area contributed by atoms with E-state index in [0.717, 1.165) is 6.54 Å². The van der Waals surface area contributed by atoms with Gasteiger partial charge in [-0.3, -0.25) is 4.79 Å². The molecule has 1 aromatic rings. The second kappa shape index (κ2) is 4.77. The number of hydrogen-bond acceptors (Lipinski definition) is 3. The minimum atomic E-state index is -0.0980. The van der Waals surface area contributed by atoms with Crippen LogP contribution in [0.4, 0.5) is 0 Å². The molecule has 0 radical (unpaired) electrons. The minimum Gasteiger partial charge on any atom is -0.335 e. The Kier molecular flexibility index (Phi) is 3.64. The van der Waals surface area contributed by atoms with Crippen molar-refractivity contribution in [2.45, 2.75) is 26.4 Å². The van der Waals surface area contributed by atoms with Gasteiger partial charge in [-0.05, 0) is 13.5 Å².